The summed E-state index contributed by atoms with van der Waals surface area (Å²) in [5.74, 6) is 1.44. The molecule has 0 saturated carbocycles. The van der Waals surface area contributed by atoms with E-state index in [1.807, 2.05) is 12.1 Å². The lowest BCUT2D eigenvalue weighted by Crippen LogP contribution is -2.26. The number of anilines is 2. The van der Waals surface area contributed by atoms with Crippen molar-refractivity contribution in [2.24, 2.45) is 5.41 Å². The molecule has 0 unspecified atom stereocenters. The van der Waals surface area contributed by atoms with Crippen LogP contribution in [0, 0.1) is 5.41 Å². The highest BCUT2D eigenvalue weighted by Gasteiger charge is 2.23. The van der Waals surface area contributed by atoms with Gasteiger partial charge in [0, 0.05) is 13.1 Å². The van der Waals surface area contributed by atoms with E-state index in [1.54, 1.807) is 0 Å². The van der Waals surface area contributed by atoms with Crippen LogP contribution >= 0.6 is 0 Å². The Kier molecular flexibility index (Phi) is 2.99. The number of hydrogen-bond acceptors (Lipinski definition) is 4. The van der Waals surface area contributed by atoms with E-state index in [4.69, 9.17) is 5.73 Å². The molecule has 0 spiro atoms. The van der Waals surface area contributed by atoms with Gasteiger partial charge < -0.3 is 10.6 Å². The molecule has 1 aliphatic heterocycles. The van der Waals surface area contributed by atoms with E-state index >= 15 is 0 Å². The third-order valence-corrected chi connectivity index (χ3v) is 3.34. The van der Waals surface area contributed by atoms with Gasteiger partial charge in [0.25, 0.3) is 0 Å². The first-order chi connectivity index (χ1) is 7.57. The van der Waals surface area contributed by atoms with E-state index in [2.05, 4.69) is 28.9 Å². The minimum absolute atomic E-state index is 0.454. The van der Waals surface area contributed by atoms with Gasteiger partial charge in [-0.25, -0.2) is 0 Å². The normalized spacial score (nSPS) is 20.5. The van der Waals surface area contributed by atoms with Crippen molar-refractivity contribution in [2.75, 3.05) is 23.7 Å². The van der Waals surface area contributed by atoms with Crippen LogP contribution in [0.15, 0.2) is 12.1 Å². The molecule has 1 aromatic rings. The molecule has 1 aromatic heterocycles. The van der Waals surface area contributed by atoms with Gasteiger partial charge in [-0.05, 0) is 36.8 Å². The zero-order valence-electron chi connectivity index (χ0n) is 10.1. The minimum atomic E-state index is 0.454. The summed E-state index contributed by atoms with van der Waals surface area (Å²) in [4.78, 5) is 2.31. The molecule has 1 saturated heterocycles. The molecule has 2 N–H and O–H groups in total. The minimum Gasteiger partial charge on any atom is -0.382 e. The van der Waals surface area contributed by atoms with Crippen molar-refractivity contribution in [3.05, 3.63) is 12.1 Å². The summed E-state index contributed by atoms with van der Waals surface area (Å²) in [7, 11) is 0. The summed E-state index contributed by atoms with van der Waals surface area (Å²) in [5.41, 5.74) is 5.99. The number of nitrogens with zero attached hydrogens (tertiary/aromatic N) is 3. The molecular weight excluding hydrogens is 200 g/mol. The summed E-state index contributed by atoms with van der Waals surface area (Å²) >= 11 is 0. The van der Waals surface area contributed by atoms with E-state index in [1.165, 1.54) is 19.3 Å². The molecule has 0 aromatic carbocycles. The molecular formula is C12H20N4. The molecule has 2 heterocycles. The largest absolute Gasteiger partial charge is 0.382 e. The number of aromatic nitrogens is 2. The highest BCUT2D eigenvalue weighted by Crippen LogP contribution is 2.30. The highest BCUT2D eigenvalue weighted by atomic mass is 15.3. The van der Waals surface area contributed by atoms with Crippen LogP contribution < -0.4 is 10.6 Å². The van der Waals surface area contributed by atoms with E-state index in [9.17, 15) is 0 Å². The first-order valence-corrected chi connectivity index (χ1v) is 5.91. The summed E-state index contributed by atoms with van der Waals surface area (Å²) < 4.78 is 0. The second kappa shape index (κ2) is 4.28. The quantitative estimate of drug-likeness (QED) is 0.787. The summed E-state index contributed by atoms with van der Waals surface area (Å²) in [5, 5.41) is 8.05. The highest BCUT2D eigenvalue weighted by molar-refractivity contribution is 5.41. The molecule has 2 rings (SSSR count). The molecule has 0 bridgehead atoms. The Morgan fingerprint density at radius 2 is 2.00 bits per heavy atom. The first kappa shape index (κ1) is 11.2. The van der Waals surface area contributed by atoms with E-state index in [0.717, 1.165) is 18.9 Å². The average Bonchev–Trinajstić information content (AvgIpc) is 2.41. The molecule has 4 heteroatoms. The Balaban J connectivity index is 2.08. The monoisotopic (exact) mass is 220 g/mol. The first-order valence-electron chi connectivity index (χ1n) is 5.91. The summed E-state index contributed by atoms with van der Waals surface area (Å²) in [6.07, 6.45) is 3.71. The standard InChI is InChI=1S/C12H20N4/c1-12(2)6-3-8-16(9-7-12)11-5-4-10(13)14-15-11/h4-5H,3,6-9H2,1-2H3,(H2,13,14). The molecule has 4 nitrogen and oxygen atoms in total. The number of hydrogen-bond donors (Lipinski definition) is 1. The van der Waals surface area contributed by atoms with Crippen LogP contribution in [-0.4, -0.2) is 23.3 Å². The molecule has 0 amide bonds. The van der Waals surface area contributed by atoms with Crippen LogP contribution in [0.1, 0.15) is 33.1 Å². The Hall–Kier alpha value is -1.32. The van der Waals surface area contributed by atoms with Crippen LogP contribution in [0.3, 0.4) is 0 Å². The third kappa shape index (κ3) is 2.62. The number of nitrogens with two attached hydrogens (primary N) is 1. The lowest BCUT2D eigenvalue weighted by atomic mass is 9.85. The van der Waals surface area contributed by atoms with Crippen molar-refractivity contribution in [2.45, 2.75) is 33.1 Å². The molecule has 0 atom stereocenters. The smallest absolute Gasteiger partial charge is 0.151 e. The molecule has 0 aliphatic carbocycles. The second-order valence-electron chi connectivity index (χ2n) is 5.32. The van der Waals surface area contributed by atoms with Gasteiger partial charge in [0.1, 0.15) is 5.82 Å². The fourth-order valence-electron chi connectivity index (χ4n) is 2.16. The van der Waals surface area contributed by atoms with Gasteiger partial charge in [0.05, 0.1) is 0 Å². The van der Waals surface area contributed by atoms with Crippen molar-refractivity contribution in [1.29, 1.82) is 0 Å². The maximum absolute atomic E-state index is 5.54. The van der Waals surface area contributed by atoms with Gasteiger partial charge in [-0.15, -0.1) is 10.2 Å². The predicted molar refractivity (Wildman–Crippen MR) is 66.3 cm³/mol. The SMILES string of the molecule is CC1(C)CCCN(c2ccc(N)nn2)CC1. The summed E-state index contributed by atoms with van der Waals surface area (Å²) in [6, 6.07) is 3.78. The maximum atomic E-state index is 5.54. The van der Waals surface area contributed by atoms with Gasteiger partial charge in [-0.2, -0.15) is 0 Å². The van der Waals surface area contributed by atoms with E-state index in [-0.39, 0.29) is 0 Å². The van der Waals surface area contributed by atoms with Crippen LogP contribution in [0.5, 0.6) is 0 Å². The molecule has 16 heavy (non-hydrogen) atoms. The molecule has 0 radical (unpaired) electrons. The van der Waals surface area contributed by atoms with Crippen molar-refractivity contribution in [3.63, 3.8) is 0 Å². The van der Waals surface area contributed by atoms with E-state index < -0.39 is 0 Å². The van der Waals surface area contributed by atoms with Crippen molar-refractivity contribution < 1.29 is 0 Å². The lowest BCUT2D eigenvalue weighted by molar-refractivity contribution is 0.325. The van der Waals surface area contributed by atoms with Gasteiger partial charge in [-0.1, -0.05) is 13.8 Å². The van der Waals surface area contributed by atoms with Crippen molar-refractivity contribution >= 4 is 11.6 Å². The van der Waals surface area contributed by atoms with Crippen molar-refractivity contribution in [1.82, 2.24) is 10.2 Å². The predicted octanol–water partition coefficient (Wildman–Crippen LogP) is 2.08. The van der Waals surface area contributed by atoms with Gasteiger partial charge in [0.15, 0.2) is 5.82 Å². The lowest BCUT2D eigenvalue weighted by Gasteiger charge is -2.23. The topological polar surface area (TPSA) is 55.0 Å². The summed E-state index contributed by atoms with van der Waals surface area (Å²) in [6.45, 7) is 6.81. The van der Waals surface area contributed by atoms with Crippen LogP contribution in [0.2, 0.25) is 0 Å². The fraction of sp³-hybridized carbons (Fsp3) is 0.667. The average molecular weight is 220 g/mol. The van der Waals surface area contributed by atoms with Gasteiger partial charge in [0.2, 0.25) is 0 Å². The zero-order chi connectivity index (χ0) is 11.6. The Morgan fingerprint density at radius 1 is 1.19 bits per heavy atom. The number of nitrogen functional groups attached to an aromatic ring is 1. The van der Waals surface area contributed by atoms with Gasteiger partial charge in [-0.3, -0.25) is 0 Å². The molecule has 88 valence electrons. The van der Waals surface area contributed by atoms with E-state index in [0.29, 0.717) is 11.2 Å². The van der Waals surface area contributed by atoms with Crippen molar-refractivity contribution in [3.8, 4) is 0 Å². The Morgan fingerprint density at radius 3 is 2.69 bits per heavy atom. The fourth-order valence-corrected chi connectivity index (χ4v) is 2.16. The van der Waals surface area contributed by atoms with Crippen LogP contribution in [0.4, 0.5) is 11.6 Å². The molecule has 1 aliphatic rings. The second-order valence-corrected chi connectivity index (χ2v) is 5.32. The Bertz CT molecular complexity index is 345. The van der Waals surface area contributed by atoms with Crippen LogP contribution in [-0.2, 0) is 0 Å². The zero-order valence-corrected chi connectivity index (χ0v) is 10.1. The Labute approximate surface area is 96.9 Å². The van der Waals surface area contributed by atoms with Crippen LogP contribution in [0.25, 0.3) is 0 Å². The maximum Gasteiger partial charge on any atom is 0.151 e. The van der Waals surface area contributed by atoms with Gasteiger partial charge >= 0.3 is 0 Å². The molecule has 1 fully saturated rings. The number of rotatable bonds is 1. The third-order valence-electron chi connectivity index (χ3n) is 3.34.